The van der Waals surface area contributed by atoms with Crippen LogP contribution in [0.3, 0.4) is 0 Å². The normalized spacial score (nSPS) is 12.7. The Hall–Kier alpha value is -0.140. The van der Waals surface area contributed by atoms with Gasteiger partial charge in [0.05, 0.1) is 10.6 Å². The molecule has 0 atom stereocenters. The van der Waals surface area contributed by atoms with Gasteiger partial charge in [-0.15, -0.1) is 0 Å². The number of hydrogen-bond acceptors (Lipinski definition) is 3. The van der Waals surface area contributed by atoms with Crippen molar-refractivity contribution in [1.29, 1.82) is 0 Å². The number of halogens is 2. The van der Waals surface area contributed by atoms with Crippen LogP contribution in [0.25, 0.3) is 0 Å². The summed E-state index contributed by atoms with van der Waals surface area (Å²) in [6, 6.07) is 4.64. The summed E-state index contributed by atoms with van der Waals surface area (Å²) in [5.74, 6) is 0. The largest absolute Gasteiger partial charge is 0.375 e. The number of rotatable bonds is 6. The van der Waals surface area contributed by atoms with Gasteiger partial charge in [0.2, 0.25) is 10.0 Å². The first kappa shape index (κ1) is 16.9. The van der Waals surface area contributed by atoms with Crippen molar-refractivity contribution in [2.24, 2.45) is 0 Å². The van der Waals surface area contributed by atoms with Crippen molar-refractivity contribution in [3.63, 3.8) is 0 Å². The Labute approximate surface area is 127 Å². The second-order valence-electron chi connectivity index (χ2n) is 4.59. The van der Waals surface area contributed by atoms with Crippen LogP contribution in [-0.2, 0) is 14.8 Å². The molecule has 0 fully saturated rings. The van der Waals surface area contributed by atoms with Crippen LogP contribution in [0.2, 0.25) is 5.02 Å². The van der Waals surface area contributed by atoms with E-state index >= 15 is 0 Å². The van der Waals surface area contributed by atoms with Crippen molar-refractivity contribution in [1.82, 2.24) is 4.72 Å². The van der Waals surface area contributed by atoms with Crippen LogP contribution in [0.4, 0.5) is 0 Å². The van der Waals surface area contributed by atoms with E-state index in [2.05, 4.69) is 20.7 Å². The highest BCUT2D eigenvalue weighted by atomic mass is 79.9. The third kappa shape index (κ3) is 5.04. The Balaban J connectivity index is 2.87. The van der Waals surface area contributed by atoms with E-state index in [0.717, 1.165) is 4.47 Å². The minimum absolute atomic E-state index is 0.0599. The van der Waals surface area contributed by atoms with Crippen LogP contribution >= 0.6 is 27.5 Å². The van der Waals surface area contributed by atoms with Gasteiger partial charge in [0.1, 0.15) is 4.90 Å². The Morgan fingerprint density at radius 3 is 2.58 bits per heavy atom. The highest BCUT2D eigenvalue weighted by Gasteiger charge is 2.24. The van der Waals surface area contributed by atoms with Gasteiger partial charge < -0.3 is 4.74 Å². The van der Waals surface area contributed by atoms with Crippen LogP contribution in [0, 0.1) is 0 Å². The summed E-state index contributed by atoms with van der Waals surface area (Å²) in [6.07, 6.45) is 0. The maximum atomic E-state index is 12.1. The van der Waals surface area contributed by atoms with E-state index in [4.69, 9.17) is 16.3 Å². The van der Waals surface area contributed by atoms with Gasteiger partial charge in [-0.3, -0.25) is 0 Å². The Morgan fingerprint density at radius 2 is 2.05 bits per heavy atom. The lowest BCUT2D eigenvalue weighted by Gasteiger charge is -2.24. The monoisotopic (exact) mass is 369 g/mol. The van der Waals surface area contributed by atoms with Gasteiger partial charge in [-0.2, -0.15) is 0 Å². The molecular formula is C12H17BrClNO3S. The minimum Gasteiger partial charge on any atom is -0.375 e. The topological polar surface area (TPSA) is 55.4 Å². The number of nitrogens with one attached hydrogen (secondary N) is 1. The molecule has 1 aromatic carbocycles. The lowest BCUT2D eigenvalue weighted by molar-refractivity contribution is -0.00515. The summed E-state index contributed by atoms with van der Waals surface area (Å²) >= 11 is 9.18. The third-order valence-electron chi connectivity index (χ3n) is 2.41. The van der Waals surface area contributed by atoms with Crippen LogP contribution < -0.4 is 4.72 Å². The van der Waals surface area contributed by atoms with Crippen molar-refractivity contribution < 1.29 is 13.2 Å². The number of benzene rings is 1. The fourth-order valence-electron chi connectivity index (χ4n) is 1.48. The van der Waals surface area contributed by atoms with Crippen LogP contribution in [0.15, 0.2) is 27.6 Å². The molecule has 0 aliphatic heterocycles. The highest BCUT2D eigenvalue weighted by molar-refractivity contribution is 9.10. The van der Waals surface area contributed by atoms with E-state index in [-0.39, 0.29) is 16.5 Å². The summed E-state index contributed by atoms with van der Waals surface area (Å²) in [5, 5.41) is 0.177. The third-order valence-corrected chi connectivity index (χ3v) is 4.78. The lowest BCUT2D eigenvalue weighted by Crippen LogP contribution is -2.40. The highest BCUT2D eigenvalue weighted by Crippen LogP contribution is 2.25. The molecule has 1 rings (SSSR count). The standard InChI is InChI=1S/C12H17BrClNO3S/c1-4-18-12(2,3)8-15-19(16,17)11-6-5-9(13)7-10(11)14/h5-7,15H,4,8H2,1-3H3. The average Bonchev–Trinajstić information content (AvgIpc) is 2.26. The van der Waals surface area contributed by atoms with E-state index in [1.54, 1.807) is 12.1 Å². The quantitative estimate of drug-likeness (QED) is 0.836. The van der Waals surface area contributed by atoms with Crippen molar-refractivity contribution in [2.45, 2.75) is 31.3 Å². The van der Waals surface area contributed by atoms with Gasteiger partial charge in [0.15, 0.2) is 0 Å². The van der Waals surface area contributed by atoms with E-state index in [9.17, 15) is 8.42 Å². The van der Waals surface area contributed by atoms with Crippen LogP contribution in [-0.4, -0.2) is 27.2 Å². The van der Waals surface area contributed by atoms with Crippen LogP contribution in [0.5, 0.6) is 0 Å². The van der Waals surface area contributed by atoms with Gasteiger partial charge >= 0.3 is 0 Å². The zero-order valence-corrected chi connectivity index (χ0v) is 14.2. The summed E-state index contributed by atoms with van der Waals surface area (Å²) in [6.45, 7) is 6.20. The second kappa shape index (κ2) is 6.54. The van der Waals surface area contributed by atoms with Crippen molar-refractivity contribution in [3.8, 4) is 0 Å². The van der Waals surface area contributed by atoms with E-state index in [1.807, 2.05) is 20.8 Å². The smallest absolute Gasteiger partial charge is 0.242 e. The van der Waals surface area contributed by atoms with Crippen molar-refractivity contribution in [3.05, 3.63) is 27.7 Å². The van der Waals surface area contributed by atoms with Gasteiger partial charge in [0, 0.05) is 17.6 Å². The molecule has 1 aromatic rings. The predicted molar refractivity (Wildman–Crippen MR) is 80.0 cm³/mol. The molecule has 0 saturated heterocycles. The molecule has 0 amide bonds. The molecule has 0 spiro atoms. The van der Waals surface area contributed by atoms with E-state index in [1.165, 1.54) is 6.07 Å². The Kier molecular flexibility index (Phi) is 5.82. The zero-order valence-electron chi connectivity index (χ0n) is 11.0. The first-order valence-electron chi connectivity index (χ1n) is 5.76. The molecule has 1 N–H and O–H groups in total. The molecule has 108 valence electrons. The molecule has 0 unspecified atom stereocenters. The van der Waals surface area contributed by atoms with Crippen LogP contribution in [0.1, 0.15) is 20.8 Å². The molecular weight excluding hydrogens is 354 g/mol. The molecule has 7 heteroatoms. The Bertz CT molecular complexity index is 546. The molecule has 0 heterocycles. The first-order chi connectivity index (χ1) is 8.68. The van der Waals surface area contributed by atoms with Crippen molar-refractivity contribution in [2.75, 3.05) is 13.2 Å². The molecule has 4 nitrogen and oxygen atoms in total. The van der Waals surface area contributed by atoms with Gasteiger partial charge in [-0.1, -0.05) is 27.5 Å². The summed E-state index contributed by atoms with van der Waals surface area (Å²) in [5.41, 5.74) is -0.566. The fraction of sp³-hybridized carbons (Fsp3) is 0.500. The SMILES string of the molecule is CCOC(C)(C)CNS(=O)(=O)c1ccc(Br)cc1Cl. The molecule has 0 saturated carbocycles. The molecule has 0 bridgehead atoms. The average molecular weight is 371 g/mol. The van der Waals surface area contributed by atoms with Gasteiger partial charge in [-0.25, -0.2) is 13.1 Å². The van der Waals surface area contributed by atoms with E-state index in [0.29, 0.717) is 6.61 Å². The molecule has 0 aromatic heterocycles. The summed E-state index contributed by atoms with van der Waals surface area (Å²) < 4.78 is 33.0. The predicted octanol–water partition coefficient (Wildman–Crippen LogP) is 3.20. The molecule has 0 aliphatic rings. The number of ether oxygens (including phenoxy) is 1. The second-order valence-corrected chi connectivity index (χ2v) is 7.65. The lowest BCUT2D eigenvalue weighted by atomic mass is 10.1. The molecule has 19 heavy (non-hydrogen) atoms. The summed E-state index contributed by atoms with van der Waals surface area (Å²) in [4.78, 5) is 0.0599. The van der Waals surface area contributed by atoms with Crippen molar-refractivity contribution >= 4 is 37.6 Å². The number of sulfonamides is 1. The first-order valence-corrected chi connectivity index (χ1v) is 8.42. The maximum Gasteiger partial charge on any atom is 0.242 e. The Morgan fingerprint density at radius 1 is 1.42 bits per heavy atom. The van der Waals surface area contributed by atoms with E-state index < -0.39 is 15.6 Å². The number of hydrogen-bond donors (Lipinski definition) is 1. The molecule has 0 radical (unpaired) electrons. The van der Waals surface area contributed by atoms with Gasteiger partial charge in [-0.05, 0) is 39.0 Å². The molecule has 0 aliphatic carbocycles. The maximum absolute atomic E-state index is 12.1. The zero-order chi connectivity index (χ0) is 14.7. The fourth-order valence-corrected chi connectivity index (χ4v) is 3.72. The minimum atomic E-state index is -3.64. The summed E-state index contributed by atoms with van der Waals surface area (Å²) in [7, 11) is -3.64. The van der Waals surface area contributed by atoms with Gasteiger partial charge in [0.25, 0.3) is 0 Å².